The molecule has 0 aromatic heterocycles. The smallest absolute Gasteiger partial charge is 0.336 e. The Morgan fingerprint density at radius 1 is 1.00 bits per heavy atom. The van der Waals surface area contributed by atoms with E-state index in [9.17, 15) is 24.0 Å². The Hall–Kier alpha value is -3.49. The van der Waals surface area contributed by atoms with Gasteiger partial charge in [-0.1, -0.05) is 6.58 Å². The quantitative estimate of drug-likeness (QED) is 0.492. The zero-order valence-corrected chi connectivity index (χ0v) is 16.1. The lowest BCUT2D eigenvalue weighted by Crippen LogP contribution is -2.46. The van der Waals surface area contributed by atoms with E-state index in [4.69, 9.17) is 15.3 Å². The van der Waals surface area contributed by atoms with Crippen LogP contribution in [0.4, 0.5) is 0 Å². The molecule has 0 fully saturated rings. The van der Waals surface area contributed by atoms with Gasteiger partial charge in [-0.3, -0.25) is 4.79 Å². The molecular formula is C19H23NO8. The second kappa shape index (κ2) is 10.0. The lowest BCUT2D eigenvalue weighted by molar-refractivity contribution is -0.134. The van der Waals surface area contributed by atoms with Crippen LogP contribution in [0.5, 0.6) is 0 Å². The van der Waals surface area contributed by atoms with E-state index >= 15 is 0 Å². The average molecular weight is 393 g/mol. The molecule has 0 unspecified atom stereocenters. The van der Waals surface area contributed by atoms with Crippen molar-refractivity contribution in [2.45, 2.75) is 33.2 Å². The van der Waals surface area contributed by atoms with Gasteiger partial charge >= 0.3 is 17.9 Å². The molecule has 0 saturated carbocycles. The van der Waals surface area contributed by atoms with E-state index in [-0.39, 0.29) is 23.6 Å². The van der Waals surface area contributed by atoms with Crippen LogP contribution >= 0.6 is 0 Å². The number of rotatable bonds is 6. The van der Waals surface area contributed by atoms with Crippen LogP contribution in [0.1, 0.15) is 58.8 Å². The number of hydrogen-bond donors (Lipinski definition) is 3. The third-order valence-corrected chi connectivity index (χ3v) is 3.40. The maximum atomic E-state index is 11.5. The molecule has 3 N–H and O–H groups in total. The second-order valence-corrected chi connectivity index (χ2v) is 6.71. The van der Waals surface area contributed by atoms with Gasteiger partial charge in [0.2, 0.25) is 5.91 Å². The second-order valence-electron chi connectivity index (χ2n) is 6.71. The van der Waals surface area contributed by atoms with Gasteiger partial charge in [-0.25, -0.2) is 14.4 Å². The summed E-state index contributed by atoms with van der Waals surface area (Å²) in [6.45, 7) is 11.0. The van der Waals surface area contributed by atoms with E-state index in [2.05, 4.69) is 6.58 Å². The Bertz CT molecular complexity index is 805. The summed E-state index contributed by atoms with van der Waals surface area (Å²) in [5.74, 6) is -4.37. The first-order chi connectivity index (χ1) is 12.7. The highest BCUT2D eigenvalue weighted by Crippen LogP contribution is 2.15. The summed E-state index contributed by atoms with van der Waals surface area (Å²) in [6, 6.07) is 2.81. The van der Waals surface area contributed by atoms with Crippen LogP contribution in [0, 0.1) is 0 Å². The fourth-order valence-electron chi connectivity index (χ4n) is 2.01. The van der Waals surface area contributed by atoms with Gasteiger partial charge in [0.05, 0.1) is 23.2 Å². The van der Waals surface area contributed by atoms with Crippen LogP contribution in [0.2, 0.25) is 0 Å². The Kier molecular flexibility index (Phi) is 8.76. The number of carbonyl (C=O) groups excluding carboxylic acids is 2. The topological polar surface area (TPSA) is 149 Å². The van der Waals surface area contributed by atoms with Crippen LogP contribution in [0.3, 0.4) is 0 Å². The van der Waals surface area contributed by atoms with Crippen molar-refractivity contribution in [2.75, 3.05) is 6.54 Å². The van der Waals surface area contributed by atoms with Crippen molar-refractivity contribution in [3.05, 3.63) is 47.0 Å². The zero-order valence-electron chi connectivity index (χ0n) is 16.1. The number of hydrogen-bond acceptors (Lipinski definition) is 5. The normalized spacial score (nSPS) is 10.1. The highest BCUT2D eigenvalue weighted by atomic mass is 16.4. The lowest BCUT2D eigenvalue weighted by Gasteiger charge is -2.34. The lowest BCUT2D eigenvalue weighted by atomic mass is 10.0. The van der Waals surface area contributed by atoms with Gasteiger partial charge in [0, 0.05) is 11.1 Å². The van der Waals surface area contributed by atoms with Crippen molar-refractivity contribution in [1.29, 1.82) is 0 Å². The molecule has 9 heteroatoms. The number of aromatic carboxylic acids is 3. The van der Waals surface area contributed by atoms with Gasteiger partial charge in [0.25, 0.3) is 0 Å². The summed E-state index contributed by atoms with van der Waals surface area (Å²) >= 11 is 0. The summed E-state index contributed by atoms with van der Waals surface area (Å²) in [7, 11) is 0. The first-order valence-corrected chi connectivity index (χ1v) is 7.99. The molecule has 1 rings (SSSR count). The largest absolute Gasteiger partial charge is 0.478 e. The molecule has 0 heterocycles. The third kappa shape index (κ3) is 7.02. The summed E-state index contributed by atoms with van der Waals surface area (Å²) in [5, 5.41) is 25.9. The highest BCUT2D eigenvalue weighted by Gasteiger charge is 2.25. The van der Waals surface area contributed by atoms with E-state index in [1.807, 2.05) is 20.8 Å². The minimum atomic E-state index is -1.48. The number of aldehydes is 1. The molecule has 0 aliphatic heterocycles. The Balaban J connectivity index is 0.000000528. The fraction of sp³-hybridized carbons (Fsp3) is 0.316. The predicted molar refractivity (Wildman–Crippen MR) is 99.7 cm³/mol. The summed E-state index contributed by atoms with van der Waals surface area (Å²) in [4.78, 5) is 55.2. The molecule has 1 aromatic rings. The van der Waals surface area contributed by atoms with Crippen molar-refractivity contribution < 1.29 is 39.3 Å². The molecule has 9 nitrogen and oxygen atoms in total. The fourth-order valence-corrected chi connectivity index (χ4v) is 2.01. The standard InChI is InChI=1S/C10H17NO2.C9H6O6/c1-8(2)9(13)11(6-7-12)10(3,4)5;10-7(11)4-1-2-5(8(12)13)6(3-4)9(14)15/h7H,1,6H2,2-5H3;1-3H,(H,10,11)(H,12,13)(H,14,15). The molecular weight excluding hydrogens is 370 g/mol. The van der Waals surface area contributed by atoms with Crippen molar-refractivity contribution in [3.8, 4) is 0 Å². The highest BCUT2D eigenvalue weighted by molar-refractivity contribution is 6.03. The number of carboxylic acids is 3. The zero-order chi connectivity index (χ0) is 22.2. The minimum absolute atomic E-state index is 0.120. The molecule has 0 spiro atoms. The molecule has 0 radical (unpaired) electrons. The van der Waals surface area contributed by atoms with E-state index in [0.717, 1.165) is 24.5 Å². The minimum Gasteiger partial charge on any atom is -0.478 e. The summed E-state index contributed by atoms with van der Waals surface area (Å²) in [6.07, 6.45) is 0.728. The molecule has 1 aromatic carbocycles. The Morgan fingerprint density at radius 2 is 1.50 bits per heavy atom. The average Bonchev–Trinajstić information content (AvgIpc) is 2.57. The van der Waals surface area contributed by atoms with Crippen molar-refractivity contribution >= 4 is 30.1 Å². The van der Waals surface area contributed by atoms with E-state index in [0.29, 0.717) is 5.57 Å². The van der Waals surface area contributed by atoms with Gasteiger partial charge < -0.3 is 25.0 Å². The SMILES string of the molecule is C=C(C)C(=O)N(CC=O)C(C)(C)C.O=C(O)c1ccc(C(=O)O)c(C(=O)O)c1. The van der Waals surface area contributed by atoms with E-state index in [1.165, 1.54) is 4.90 Å². The van der Waals surface area contributed by atoms with Gasteiger partial charge in [-0.05, 0) is 45.9 Å². The number of nitrogens with zero attached hydrogens (tertiary/aromatic N) is 1. The van der Waals surface area contributed by atoms with Crippen molar-refractivity contribution in [3.63, 3.8) is 0 Å². The van der Waals surface area contributed by atoms with Crippen LogP contribution in [0.25, 0.3) is 0 Å². The van der Waals surface area contributed by atoms with E-state index < -0.39 is 29.0 Å². The summed E-state index contributed by atoms with van der Waals surface area (Å²) < 4.78 is 0. The van der Waals surface area contributed by atoms with E-state index in [1.54, 1.807) is 6.92 Å². The maximum Gasteiger partial charge on any atom is 0.336 e. The maximum absolute atomic E-state index is 11.5. The monoisotopic (exact) mass is 393 g/mol. The first kappa shape index (κ1) is 24.5. The van der Waals surface area contributed by atoms with Crippen LogP contribution in [0.15, 0.2) is 30.4 Å². The van der Waals surface area contributed by atoms with Gasteiger partial charge in [-0.2, -0.15) is 0 Å². The molecule has 0 aliphatic carbocycles. The van der Waals surface area contributed by atoms with Crippen LogP contribution in [-0.2, 0) is 9.59 Å². The number of carboxylic acid groups (broad SMARTS) is 3. The van der Waals surface area contributed by atoms with Gasteiger partial charge in [0.15, 0.2) is 0 Å². The molecule has 152 valence electrons. The Labute approximate surface area is 161 Å². The van der Waals surface area contributed by atoms with Crippen LogP contribution < -0.4 is 0 Å². The molecule has 1 amide bonds. The predicted octanol–water partition coefficient (Wildman–Crippen LogP) is 2.17. The Morgan fingerprint density at radius 3 is 1.82 bits per heavy atom. The molecule has 0 aliphatic rings. The van der Waals surface area contributed by atoms with Gasteiger partial charge in [0.1, 0.15) is 6.29 Å². The van der Waals surface area contributed by atoms with Crippen LogP contribution in [-0.4, -0.2) is 62.4 Å². The third-order valence-electron chi connectivity index (χ3n) is 3.40. The molecule has 0 bridgehead atoms. The first-order valence-electron chi connectivity index (χ1n) is 7.99. The van der Waals surface area contributed by atoms with Gasteiger partial charge in [-0.15, -0.1) is 0 Å². The molecule has 0 atom stereocenters. The van der Waals surface area contributed by atoms with Crippen molar-refractivity contribution in [1.82, 2.24) is 4.90 Å². The molecule has 0 saturated heterocycles. The van der Waals surface area contributed by atoms with Crippen molar-refractivity contribution in [2.24, 2.45) is 0 Å². The number of carbonyl (C=O) groups is 5. The molecule has 28 heavy (non-hydrogen) atoms. The number of benzene rings is 1. The number of amides is 1. The summed E-state index contributed by atoms with van der Waals surface area (Å²) in [5.41, 5.74) is -1.12.